The molecule has 3 nitrogen and oxygen atoms in total. The smallest absolute Gasteiger partial charge is 0.276 e. The highest BCUT2D eigenvalue weighted by Crippen LogP contribution is 2.36. The maximum absolute atomic E-state index is 11.6. The molecule has 0 radical (unpaired) electrons. The first-order valence-corrected chi connectivity index (χ1v) is 6.56. The minimum Gasteiger partial charge on any atom is -0.321 e. The molecule has 7 heteroatoms. The molecule has 17 heavy (non-hydrogen) atoms. The quantitative estimate of drug-likeness (QED) is 0.811. The maximum Gasteiger partial charge on any atom is 0.276 e. The fraction of sp³-hybridized carbons (Fsp3) is 0.200. The summed E-state index contributed by atoms with van der Waals surface area (Å²) >= 11 is 18.1. The highest BCUT2D eigenvalue weighted by atomic mass is 35.6. The predicted molar refractivity (Wildman–Crippen MR) is 73.3 cm³/mol. The third-order valence-corrected chi connectivity index (χ3v) is 3.74. The summed E-state index contributed by atoms with van der Waals surface area (Å²) in [4.78, 5) is 16.6. The lowest BCUT2D eigenvalue weighted by molar-refractivity contribution is -0.115. The molecule has 1 N–H and O–H groups in total. The molecule has 0 bridgehead atoms. The van der Waals surface area contributed by atoms with E-state index in [-0.39, 0.29) is 0 Å². The molecular formula is C10H7Cl3N2OS. The van der Waals surface area contributed by atoms with Gasteiger partial charge in [-0.2, -0.15) is 0 Å². The Bertz CT molecular complexity index is 576. The molecule has 2 aromatic heterocycles. The highest BCUT2D eigenvalue weighted by molar-refractivity contribution is 7.19. The number of aromatic nitrogens is 1. The summed E-state index contributed by atoms with van der Waals surface area (Å²) in [6.07, 6.45) is 3.39. The Morgan fingerprint density at radius 2 is 2.18 bits per heavy atom. The fourth-order valence-corrected chi connectivity index (χ4v) is 2.54. The van der Waals surface area contributed by atoms with Crippen LogP contribution < -0.4 is 5.32 Å². The van der Waals surface area contributed by atoms with E-state index in [0.717, 1.165) is 15.0 Å². The van der Waals surface area contributed by atoms with Gasteiger partial charge in [-0.25, -0.2) is 0 Å². The van der Waals surface area contributed by atoms with E-state index in [0.29, 0.717) is 5.69 Å². The van der Waals surface area contributed by atoms with Gasteiger partial charge in [-0.05, 0) is 13.0 Å². The number of carbonyl (C=O) groups excluding carboxylic acids is 1. The number of hydrogen-bond acceptors (Lipinski definition) is 3. The van der Waals surface area contributed by atoms with Crippen molar-refractivity contribution in [3.8, 4) is 0 Å². The van der Waals surface area contributed by atoms with Gasteiger partial charge >= 0.3 is 0 Å². The van der Waals surface area contributed by atoms with Crippen molar-refractivity contribution < 1.29 is 4.79 Å². The predicted octanol–water partition coefficient (Wildman–Crippen LogP) is 3.91. The van der Waals surface area contributed by atoms with Crippen LogP contribution in [0.2, 0.25) is 0 Å². The monoisotopic (exact) mass is 308 g/mol. The second-order valence-electron chi connectivity index (χ2n) is 3.36. The summed E-state index contributed by atoms with van der Waals surface area (Å²) < 4.78 is -0.988. The number of fused-ring (bicyclic) bond motifs is 1. The fourth-order valence-electron chi connectivity index (χ4n) is 1.41. The lowest BCUT2D eigenvalue weighted by Gasteiger charge is -2.11. The van der Waals surface area contributed by atoms with E-state index in [1.54, 1.807) is 12.4 Å². The summed E-state index contributed by atoms with van der Waals surface area (Å²) in [5, 5.41) is 3.51. The maximum atomic E-state index is 11.6. The van der Waals surface area contributed by atoms with Crippen LogP contribution in [-0.4, -0.2) is 14.7 Å². The van der Waals surface area contributed by atoms with Crippen LogP contribution in [0.25, 0.3) is 10.1 Å². The number of nitrogens with one attached hydrogen (secondary N) is 1. The van der Waals surface area contributed by atoms with E-state index < -0.39 is 9.70 Å². The minimum absolute atomic E-state index is 0.665. The zero-order valence-electron chi connectivity index (χ0n) is 8.63. The minimum atomic E-state index is -1.96. The van der Waals surface area contributed by atoms with Gasteiger partial charge in [0, 0.05) is 22.7 Å². The molecule has 0 atom stereocenters. The molecule has 1 amide bonds. The number of nitrogens with zero attached hydrogens (tertiary/aromatic N) is 1. The van der Waals surface area contributed by atoms with Crippen LogP contribution in [-0.2, 0) is 4.79 Å². The Morgan fingerprint density at radius 3 is 2.82 bits per heavy atom. The number of hydrogen-bond donors (Lipinski definition) is 1. The average molecular weight is 310 g/mol. The number of thiophene rings is 1. The van der Waals surface area contributed by atoms with Crippen LogP contribution in [0, 0.1) is 6.92 Å². The summed E-state index contributed by atoms with van der Waals surface area (Å²) in [5.74, 6) is -0.665. The third kappa shape index (κ3) is 2.65. The molecule has 0 aliphatic carbocycles. The van der Waals surface area contributed by atoms with E-state index in [2.05, 4.69) is 10.3 Å². The summed E-state index contributed by atoms with van der Waals surface area (Å²) in [6.45, 7) is 1.89. The van der Waals surface area contributed by atoms with E-state index in [1.165, 1.54) is 11.3 Å². The number of aryl methyl sites for hydroxylation is 1. The van der Waals surface area contributed by atoms with Crippen molar-refractivity contribution in [2.75, 3.05) is 5.32 Å². The molecule has 0 aromatic carbocycles. The zero-order valence-corrected chi connectivity index (χ0v) is 11.7. The van der Waals surface area contributed by atoms with E-state index in [4.69, 9.17) is 34.8 Å². The van der Waals surface area contributed by atoms with Crippen molar-refractivity contribution in [2.45, 2.75) is 10.7 Å². The molecule has 0 spiro atoms. The number of alkyl halides is 3. The number of rotatable bonds is 1. The van der Waals surface area contributed by atoms with Gasteiger partial charge in [0.15, 0.2) is 0 Å². The van der Waals surface area contributed by atoms with Crippen LogP contribution in [0.15, 0.2) is 18.5 Å². The normalized spacial score (nSPS) is 11.8. The molecular weight excluding hydrogens is 303 g/mol. The summed E-state index contributed by atoms with van der Waals surface area (Å²) in [7, 11) is 0. The first-order valence-electron chi connectivity index (χ1n) is 4.61. The first-order chi connectivity index (χ1) is 7.89. The van der Waals surface area contributed by atoms with Crippen LogP contribution >= 0.6 is 46.1 Å². The Morgan fingerprint density at radius 1 is 1.47 bits per heavy atom. The SMILES string of the molecule is Cc1sc2cnccc2c1NC(=O)C(Cl)(Cl)Cl. The van der Waals surface area contributed by atoms with E-state index in [9.17, 15) is 4.79 Å². The third-order valence-electron chi connectivity index (χ3n) is 2.16. The van der Waals surface area contributed by atoms with Crippen LogP contribution in [0.5, 0.6) is 0 Å². The van der Waals surface area contributed by atoms with Gasteiger partial charge in [0.2, 0.25) is 0 Å². The number of halogens is 3. The lowest BCUT2D eigenvalue weighted by Crippen LogP contribution is -2.27. The molecule has 0 fully saturated rings. The molecule has 2 heterocycles. The average Bonchev–Trinajstić information content (AvgIpc) is 2.54. The second-order valence-corrected chi connectivity index (χ2v) is 6.89. The summed E-state index contributed by atoms with van der Waals surface area (Å²) in [6, 6.07) is 1.81. The van der Waals surface area contributed by atoms with Gasteiger partial charge in [-0.15, -0.1) is 11.3 Å². The van der Waals surface area contributed by atoms with Gasteiger partial charge < -0.3 is 5.32 Å². The number of pyridine rings is 1. The van der Waals surface area contributed by atoms with Crippen molar-refractivity contribution in [3.05, 3.63) is 23.3 Å². The van der Waals surface area contributed by atoms with Gasteiger partial charge in [-0.1, -0.05) is 34.8 Å². The molecule has 90 valence electrons. The van der Waals surface area contributed by atoms with E-state index in [1.807, 2.05) is 13.0 Å². The van der Waals surface area contributed by atoms with Crippen LogP contribution in [0.3, 0.4) is 0 Å². The number of anilines is 1. The molecule has 0 aliphatic rings. The van der Waals surface area contributed by atoms with Crippen molar-refractivity contribution in [1.82, 2.24) is 4.98 Å². The lowest BCUT2D eigenvalue weighted by atomic mass is 10.2. The van der Waals surface area contributed by atoms with Crippen molar-refractivity contribution in [3.63, 3.8) is 0 Å². The summed E-state index contributed by atoms with van der Waals surface area (Å²) in [5.41, 5.74) is 0.670. The molecule has 0 saturated heterocycles. The molecule has 2 aromatic rings. The van der Waals surface area contributed by atoms with Crippen molar-refractivity contribution in [1.29, 1.82) is 0 Å². The van der Waals surface area contributed by atoms with Crippen molar-refractivity contribution in [2.24, 2.45) is 0 Å². The first kappa shape index (κ1) is 12.9. The Labute approximate surface area is 117 Å². The molecule has 2 rings (SSSR count). The Kier molecular flexibility index (Phi) is 3.50. The van der Waals surface area contributed by atoms with E-state index >= 15 is 0 Å². The van der Waals surface area contributed by atoms with Gasteiger partial charge in [0.05, 0.1) is 10.4 Å². The Balaban J connectivity index is 2.42. The zero-order chi connectivity index (χ0) is 12.6. The standard InChI is InChI=1S/C10H7Cl3N2OS/c1-5-8(15-9(16)10(11,12)13)6-2-3-14-4-7(6)17-5/h2-4H,1H3,(H,15,16). The van der Waals surface area contributed by atoms with Crippen molar-refractivity contribution >= 4 is 67.8 Å². The van der Waals surface area contributed by atoms with Gasteiger partial charge in [0.1, 0.15) is 0 Å². The largest absolute Gasteiger partial charge is 0.321 e. The van der Waals surface area contributed by atoms with Crippen LogP contribution in [0.4, 0.5) is 5.69 Å². The van der Waals surface area contributed by atoms with Crippen LogP contribution in [0.1, 0.15) is 4.88 Å². The number of carbonyl (C=O) groups is 1. The molecule has 0 aliphatic heterocycles. The van der Waals surface area contributed by atoms with Gasteiger partial charge in [-0.3, -0.25) is 9.78 Å². The highest BCUT2D eigenvalue weighted by Gasteiger charge is 2.31. The Hall–Kier alpha value is -0.550. The number of amides is 1. The van der Waals surface area contributed by atoms with Gasteiger partial charge in [0.25, 0.3) is 9.70 Å². The topological polar surface area (TPSA) is 42.0 Å². The second kappa shape index (κ2) is 4.61. The molecule has 0 unspecified atom stereocenters. The molecule has 0 saturated carbocycles.